The largest absolute Gasteiger partial charge is 0.458 e. The number of halogens is 2. The van der Waals surface area contributed by atoms with Gasteiger partial charge in [0.05, 0.1) is 6.04 Å². The lowest BCUT2D eigenvalue weighted by Crippen LogP contribution is -2.11. The molecule has 1 aliphatic heterocycles. The number of pyridine rings is 1. The first kappa shape index (κ1) is 14.3. The first-order valence-corrected chi connectivity index (χ1v) is 5.43. The lowest BCUT2D eigenvalue weighted by Gasteiger charge is -2.04. The molecule has 0 aliphatic carbocycles. The van der Waals surface area contributed by atoms with Gasteiger partial charge in [-0.15, -0.1) is 24.8 Å². The summed E-state index contributed by atoms with van der Waals surface area (Å²) in [4.78, 5) is 4.45. The molecule has 3 rings (SSSR count). The van der Waals surface area contributed by atoms with Crippen LogP contribution in [0.4, 0.5) is 0 Å². The topological polar surface area (TPSA) is 38.1 Å². The number of aromatic nitrogens is 1. The summed E-state index contributed by atoms with van der Waals surface area (Å²) in [5, 5.41) is 3.43. The summed E-state index contributed by atoms with van der Waals surface area (Å²) in [7, 11) is 0. The van der Waals surface area contributed by atoms with Gasteiger partial charge in [0.25, 0.3) is 0 Å². The Morgan fingerprint density at radius 1 is 1.35 bits per heavy atom. The van der Waals surface area contributed by atoms with Gasteiger partial charge in [0.2, 0.25) is 0 Å². The van der Waals surface area contributed by atoms with Crippen LogP contribution in [-0.2, 0) is 0 Å². The lowest BCUT2D eigenvalue weighted by atomic mass is 10.2. The van der Waals surface area contributed by atoms with E-state index in [4.69, 9.17) is 4.42 Å². The Kier molecular flexibility index (Phi) is 4.80. The molecule has 1 atom stereocenters. The Morgan fingerprint density at radius 3 is 2.88 bits per heavy atom. The Bertz CT molecular complexity index is 492. The van der Waals surface area contributed by atoms with Crippen molar-refractivity contribution in [3.63, 3.8) is 0 Å². The van der Waals surface area contributed by atoms with Crippen molar-refractivity contribution in [2.75, 3.05) is 6.54 Å². The summed E-state index contributed by atoms with van der Waals surface area (Å²) in [5.41, 5.74) is 2.90. The summed E-state index contributed by atoms with van der Waals surface area (Å²) in [5.74, 6) is 1.03. The van der Waals surface area contributed by atoms with E-state index >= 15 is 0 Å². The maximum absolute atomic E-state index is 5.78. The Hall–Kier alpha value is -0.770. The maximum Gasteiger partial charge on any atom is 0.152 e. The number of nitrogens with one attached hydrogen (secondary N) is 1. The van der Waals surface area contributed by atoms with Crippen molar-refractivity contribution in [1.29, 1.82) is 0 Å². The molecule has 1 N–H and O–H groups in total. The maximum atomic E-state index is 5.78. The molecule has 3 nitrogen and oxygen atoms in total. The van der Waals surface area contributed by atoms with Crippen molar-refractivity contribution < 1.29 is 4.42 Å². The molecule has 2 aromatic rings. The van der Waals surface area contributed by atoms with E-state index < -0.39 is 0 Å². The van der Waals surface area contributed by atoms with Gasteiger partial charge in [-0.3, -0.25) is 0 Å². The molecule has 1 fully saturated rings. The van der Waals surface area contributed by atoms with Gasteiger partial charge in [0.1, 0.15) is 11.3 Å². The molecule has 0 aromatic carbocycles. The summed E-state index contributed by atoms with van der Waals surface area (Å²) >= 11 is 0. The molecule has 17 heavy (non-hydrogen) atoms. The smallest absolute Gasteiger partial charge is 0.152 e. The van der Waals surface area contributed by atoms with Crippen LogP contribution in [0.2, 0.25) is 0 Å². The third kappa shape index (κ3) is 2.73. The number of hydrogen-bond donors (Lipinski definition) is 1. The fourth-order valence-electron chi connectivity index (χ4n) is 2.14. The van der Waals surface area contributed by atoms with Crippen LogP contribution < -0.4 is 5.32 Å². The van der Waals surface area contributed by atoms with E-state index in [9.17, 15) is 0 Å². The predicted octanol–water partition coefficient (Wildman–Crippen LogP) is 3.40. The first-order chi connectivity index (χ1) is 7.33. The molecule has 94 valence electrons. The van der Waals surface area contributed by atoms with Gasteiger partial charge in [-0.1, -0.05) is 0 Å². The number of fused-ring (bicyclic) bond motifs is 1. The third-order valence-corrected chi connectivity index (χ3v) is 2.94. The van der Waals surface area contributed by atoms with Crippen LogP contribution in [0, 0.1) is 6.92 Å². The van der Waals surface area contributed by atoms with E-state index in [1.54, 1.807) is 0 Å². The average molecular weight is 275 g/mol. The van der Waals surface area contributed by atoms with Crippen LogP contribution in [-0.4, -0.2) is 11.5 Å². The second-order valence-corrected chi connectivity index (χ2v) is 4.13. The number of furan rings is 1. The number of hydrogen-bond acceptors (Lipinski definition) is 3. The van der Waals surface area contributed by atoms with Crippen molar-refractivity contribution >= 4 is 35.9 Å². The highest BCUT2D eigenvalue weighted by atomic mass is 35.5. The molecule has 0 amide bonds. The number of nitrogens with zero attached hydrogens (tertiary/aromatic N) is 1. The average Bonchev–Trinajstić information content (AvgIpc) is 2.84. The number of aryl methyl sites for hydroxylation is 1. The highest BCUT2D eigenvalue weighted by Gasteiger charge is 2.20. The van der Waals surface area contributed by atoms with Gasteiger partial charge < -0.3 is 9.73 Å². The fourth-order valence-corrected chi connectivity index (χ4v) is 2.14. The van der Waals surface area contributed by atoms with E-state index in [-0.39, 0.29) is 24.8 Å². The van der Waals surface area contributed by atoms with Gasteiger partial charge in [-0.05, 0) is 38.4 Å². The highest BCUT2D eigenvalue weighted by Crippen LogP contribution is 2.28. The molecule has 1 saturated heterocycles. The summed E-state index contributed by atoms with van der Waals surface area (Å²) in [6.45, 7) is 3.09. The van der Waals surface area contributed by atoms with Crippen molar-refractivity contribution in [2.24, 2.45) is 0 Å². The van der Waals surface area contributed by atoms with Crippen molar-refractivity contribution in [1.82, 2.24) is 10.3 Å². The summed E-state index contributed by atoms with van der Waals surface area (Å²) < 4.78 is 5.78. The highest BCUT2D eigenvalue weighted by molar-refractivity contribution is 5.85. The predicted molar refractivity (Wildman–Crippen MR) is 73.2 cm³/mol. The molecule has 1 aliphatic rings. The molecular formula is C12H16Cl2N2O. The standard InChI is InChI=1S/C12H14N2O.2ClH/c1-8-4-5-11-10(14-8)7-12(15-11)9-3-2-6-13-9;;/h4-5,7,9,13H,2-3,6H2,1H3;2*1H/t9-;;/m0../s1. The zero-order valence-electron chi connectivity index (χ0n) is 9.60. The van der Waals surface area contributed by atoms with Gasteiger partial charge in [0, 0.05) is 11.8 Å². The van der Waals surface area contributed by atoms with Gasteiger partial charge in [0.15, 0.2) is 5.58 Å². The van der Waals surface area contributed by atoms with Crippen LogP contribution >= 0.6 is 24.8 Å². The van der Waals surface area contributed by atoms with Crippen molar-refractivity contribution in [3.05, 3.63) is 29.7 Å². The number of rotatable bonds is 1. The SMILES string of the molecule is Cc1ccc2oc([C@@H]3CCCN3)cc2n1.Cl.Cl. The van der Waals surface area contributed by atoms with Crippen LogP contribution in [0.15, 0.2) is 22.6 Å². The second-order valence-electron chi connectivity index (χ2n) is 4.13. The van der Waals surface area contributed by atoms with E-state index in [1.165, 1.54) is 12.8 Å². The molecule has 0 saturated carbocycles. The molecule has 5 heteroatoms. The normalized spacial score (nSPS) is 18.8. The zero-order chi connectivity index (χ0) is 10.3. The van der Waals surface area contributed by atoms with Crippen LogP contribution in [0.1, 0.15) is 30.3 Å². The zero-order valence-corrected chi connectivity index (χ0v) is 11.2. The molecule has 2 aromatic heterocycles. The van der Waals surface area contributed by atoms with E-state index in [0.29, 0.717) is 6.04 Å². The Morgan fingerprint density at radius 2 is 2.18 bits per heavy atom. The van der Waals surface area contributed by atoms with E-state index in [2.05, 4.69) is 16.4 Å². The summed E-state index contributed by atoms with van der Waals surface area (Å²) in [6, 6.07) is 6.43. The quantitative estimate of drug-likeness (QED) is 0.866. The minimum absolute atomic E-state index is 0. The molecule has 0 radical (unpaired) electrons. The molecule has 0 spiro atoms. The van der Waals surface area contributed by atoms with Gasteiger partial charge in [-0.2, -0.15) is 0 Å². The van der Waals surface area contributed by atoms with E-state index in [1.807, 2.05) is 19.1 Å². The van der Waals surface area contributed by atoms with Gasteiger partial charge in [-0.25, -0.2) is 4.98 Å². The monoisotopic (exact) mass is 274 g/mol. The van der Waals surface area contributed by atoms with Crippen molar-refractivity contribution in [2.45, 2.75) is 25.8 Å². The van der Waals surface area contributed by atoms with Crippen molar-refractivity contribution in [3.8, 4) is 0 Å². The van der Waals surface area contributed by atoms with E-state index in [0.717, 1.165) is 29.1 Å². The van der Waals surface area contributed by atoms with Crippen LogP contribution in [0.25, 0.3) is 11.1 Å². The summed E-state index contributed by atoms with van der Waals surface area (Å²) in [6.07, 6.45) is 2.40. The third-order valence-electron chi connectivity index (χ3n) is 2.94. The lowest BCUT2D eigenvalue weighted by molar-refractivity contribution is 0.471. The fraction of sp³-hybridized carbons (Fsp3) is 0.417. The Labute approximate surface area is 113 Å². The Balaban J connectivity index is 0.000000722. The minimum atomic E-state index is 0. The second kappa shape index (κ2) is 5.71. The van der Waals surface area contributed by atoms with Crippen LogP contribution in [0.3, 0.4) is 0 Å². The van der Waals surface area contributed by atoms with Gasteiger partial charge >= 0.3 is 0 Å². The molecule has 0 bridgehead atoms. The van der Waals surface area contributed by atoms with Crippen LogP contribution in [0.5, 0.6) is 0 Å². The first-order valence-electron chi connectivity index (χ1n) is 5.43. The molecule has 0 unspecified atom stereocenters. The molecule has 3 heterocycles. The molecular weight excluding hydrogens is 259 g/mol. The minimum Gasteiger partial charge on any atom is -0.458 e.